The van der Waals surface area contributed by atoms with E-state index in [1.54, 1.807) is 0 Å². The molecule has 1 aliphatic carbocycles. The maximum atomic E-state index is 12.7. The number of hydrogen-bond donors (Lipinski definition) is 2. The van der Waals surface area contributed by atoms with Crippen molar-refractivity contribution in [3.8, 4) is 0 Å². The van der Waals surface area contributed by atoms with Crippen LogP contribution in [0.3, 0.4) is 0 Å². The molecule has 0 spiro atoms. The average molecular weight is 310 g/mol. The monoisotopic (exact) mass is 310 g/mol. The predicted molar refractivity (Wildman–Crippen MR) is 85.8 cm³/mol. The highest BCUT2D eigenvalue weighted by Crippen LogP contribution is 2.29. The lowest BCUT2D eigenvalue weighted by Crippen LogP contribution is -2.44. The normalized spacial score (nSPS) is 18.1. The molecule has 0 heterocycles. The maximum Gasteiger partial charge on any atom is 0.241 e. The summed E-state index contributed by atoms with van der Waals surface area (Å²) in [6.07, 6.45) is 4.48. The van der Waals surface area contributed by atoms with Gasteiger partial charge in [0.25, 0.3) is 0 Å². The summed E-state index contributed by atoms with van der Waals surface area (Å²) in [6.45, 7) is 6.03. The Morgan fingerprint density at radius 3 is 2.19 bits per heavy atom. The highest BCUT2D eigenvalue weighted by atomic mass is 32.2. The smallest absolute Gasteiger partial charge is 0.241 e. The Hall–Kier alpha value is -0.910. The van der Waals surface area contributed by atoms with E-state index in [-0.39, 0.29) is 6.04 Å². The third-order valence-corrected chi connectivity index (χ3v) is 6.20. The molecule has 1 aliphatic rings. The summed E-state index contributed by atoms with van der Waals surface area (Å²) in [5.41, 5.74) is 8.48. The molecule has 0 bridgehead atoms. The van der Waals surface area contributed by atoms with Gasteiger partial charge in [-0.25, -0.2) is 13.1 Å². The molecular formula is C16H26N2O2S. The van der Waals surface area contributed by atoms with Crippen LogP contribution >= 0.6 is 0 Å². The third kappa shape index (κ3) is 3.65. The molecule has 1 aromatic carbocycles. The number of aryl methyl sites for hydroxylation is 3. The van der Waals surface area contributed by atoms with Gasteiger partial charge in [-0.3, -0.25) is 0 Å². The van der Waals surface area contributed by atoms with Crippen molar-refractivity contribution in [1.29, 1.82) is 0 Å². The highest BCUT2D eigenvalue weighted by Gasteiger charge is 2.29. The van der Waals surface area contributed by atoms with E-state index in [4.69, 9.17) is 5.73 Å². The quantitative estimate of drug-likeness (QED) is 0.877. The Bertz CT molecular complexity index is 582. The molecule has 1 aromatic rings. The largest absolute Gasteiger partial charge is 0.329 e. The zero-order valence-electron chi connectivity index (χ0n) is 13.1. The summed E-state index contributed by atoms with van der Waals surface area (Å²) in [5.74, 6) is 0.371. The summed E-state index contributed by atoms with van der Waals surface area (Å²) in [6, 6.07) is 3.67. The van der Waals surface area contributed by atoms with Crippen LogP contribution in [0, 0.1) is 26.7 Å². The minimum atomic E-state index is -3.52. The second-order valence-electron chi connectivity index (χ2n) is 6.24. The Morgan fingerprint density at radius 1 is 1.19 bits per heavy atom. The number of nitrogens with two attached hydrogens (primary N) is 1. The number of sulfonamides is 1. The molecule has 118 valence electrons. The van der Waals surface area contributed by atoms with E-state index in [0.29, 0.717) is 17.4 Å². The van der Waals surface area contributed by atoms with Crippen LogP contribution in [0.25, 0.3) is 0 Å². The van der Waals surface area contributed by atoms with Crippen molar-refractivity contribution >= 4 is 10.0 Å². The maximum absolute atomic E-state index is 12.7. The molecule has 0 amide bonds. The lowest BCUT2D eigenvalue weighted by atomic mass is 9.99. The van der Waals surface area contributed by atoms with Gasteiger partial charge in [0.1, 0.15) is 0 Å². The van der Waals surface area contributed by atoms with E-state index >= 15 is 0 Å². The topological polar surface area (TPSA) is 72.2 Å². The first-order valence-corrected chi connectivity index (χ1v) is 9.13. The lowest BCUT2D eigenvalue weighted by molar-refractivity contribution is 0.405. The third-order valence-electron chi connectivity index (χ3n) is 4.40. The van der Waals surface area contributed by atoms with Crippen LogP contribution in [0.4, 0.5) is 0 Å². The van der Waals surface area contributed by atoms with Crippen molar-refractivity contribution in [3.63, 3.8) is 0 Å². The summed E-state index contributed by atoms with van der Waals surface area (Å²) >= 11 is 0. The second-order valence-corrected chi connectivity index (χ2v) is 7.89. The molecule has 1 unspecified atom stereocenters. The first kappa shape index (κ1) is 16.5. The molecule has 0 aliphatic heterocycles. The Morgan fingerprint density at radius 2 is 1.71 bits per heavy atom. The van der Waals surface area contributed by atoms with E-state index < -0.39 is 10.0 Å². The van der Waals surface area contributed by atoms with Gasteiger partial charge in [0, 0.05) is 12.6 Å². The van der Waals surface area contributed by atoms with Crippen LogP contribution < -0.4 is 10.5 Å². The Balaban J connectivity index is 2.29. The van der Waals surface area contributed by atoms with Crippen molar-refractivity contribution in [2.24, 2.45) is 11.7 Å². The van der Waals surface area contributed by atoms with Crippen LogP contribution in [0.1, 0.15) is 42.4 Å². The first-order chi connectivity index (χ1) is 9.85. The van der Waals surface area contributed by atoms with E-state index in [1.807, 2.05) is 32.9 Å². The molecule has 5 heteroatoms. The van der Waals surface area contributed by atoms with Crippen molar-refractivity contribution in [3.05, 3.63) is 28.8 Å². The summed E-state index contributed by atoms with van der Waals surface area (Å²) in [7, 11) is -3.52. The number of nitrogens with one attached hydrogen (secondary N) is 1. The van der Waals surface area contributed by atoms with E-state index in [1.165, 1.54) is 12.8 Å². The van der Waals surface area contributed by atoms with Gasteiger partial charge >= 0.3 is 0 Å². The van der Waals surface area contributed by atoms with Gasteiger partial charge < -0.3 is 5.73 Å². The number of rotatable bonds is 5. The van der Waals surface area contributed by atoms with Crippen molar-refractivity contribution in [2.45, 2.75) is 57.4 Å². The lowest BCUT2D eigenvalue weighted by Gasteiger charge is -2.24. The Kier molecular flexibility index (Phi) is 5.07. The predicted octanol–water partition coefficient (Wildman–Crippen LogP) is 2.41. The first-order valence-electron chi connectivity index (χ1n) is 7.65. The molecule has 21 heavy (non-hydrogen) atoms. The molecular weight excluding hydrogens is 284 g/mol. The fourth-order valence-corrected chi connectivity index (χ4v) is 5.32. The SMILES string of the molecule is Cc1cc(C)c(S(=O)(=O)NC(CN)C2CCCC2)c(C)c1. The highest BCUT2D eigenvalue weighted by molar-refractivity contribution is 7.89. The molecule has 0 aromatic heterocycles. The second kappa shape index (κ2) is 6.46. The molecule has 2 rings (SSSR count). The molecule has 1 fully saturated rings. The van der Waals surface area contributed by atoms with Crippen LogP contribution in [-0.2, 0) is 10.0 Å². The molecule has 3 N–H and O–H groups in total. The van der Waals surface area contributed by atoms with Crippen LogP contribution in [-0.4, -0.2) is 21.0 Å². The van der Waals surface area contributed by atoms with Crippen molar-refractivity contribution in [2.75, 3.05) is 6.54 Å². The van der Waals surface area contributed by atoms with E-state index in [2.05, 4.69) is 4.72 Å². The van der Waals surface area contributed by atoms with Gasteiger partial charge in [-0.15, -0.1) is 0 Å². The van der Waals surface area contributed by atoms with Gasteiger partial charge in [-0.1, -0.05) is 30.5 Å². The minimum absolute atomic E-state index is 0.155. The standard InChI is InChI=1S/C16H26N2O2S/c1-11-8-12(2)16(13(3)9-11)21(19,20)18-15(10-17)14-6-4-5-7-14/h8-9,14-15,18H,4-7,10,17H2,1-3H3. The molecule has 1 saturated carbocycles. The van der Waals surface area contributed by atoms with Crippen LogP contribution in [0.2, 0.25) is 0 Å². The molecule has 0 radical (unpaired) electrons. The van der Waals surface area contributed by atoms with Gasteiger partial charge in [-0.05, 0) is 50.7 Å². The summed E-state index contributed by atoms with van der Waals surface area (Å²) in [4.78, 5) is 0.407. The fraction of sp³-hybridized carbons (Fsp3) is 0.625. The number of hydrogen-bond acceptors (Lipinski definition) is 3. The summed E-state index contributed by atoms with van der Waals surface area (Å²) in [5, 5.41) is 0. The molecule has 0 saturated heterocycles. The molecule has 4 nitrogen and oxygen atoms in total. The van der Waals surface area contributed by atoms with Gasteiger partial charge in [0.15, 0.2) is 0 Å². The van der Waals surface area contributed by atoms with Gasteiger partial charge in [0.05, 0.1) is 4.90 Å². The van der Waals surface area contributed by atoms with Crippen LogP contribution in [0.15, 0.2) is 17.0 Å². The summed E-state index contributed by atoms with van der Waals surface area (Å²) < 4.78 is 28.3. The fourth-order valence-electron chi connectivity index (χ4n) is 3.55. The van der Waals surface area contributed by atoms with E-state index in [0.717, 1.165) is 29.5 Å². The average Bonchev–Trinajstić information content (AvgIpc) is 2.87. The van der Waals surface area contributed by atoms with Gasteiger partial charge in [-0.2, -0.15) is 0 Å². The minimum Gasteiger partial charge on any atom is -0.329 e. The van der Waals surface area contributed by atoms with Gasteiger partial charge in [0.2, 0.25) is 10.0 Å². The number of benzene rings is 1. The van der Waals surface area contributed by atoms with Crippen LogP contribution in [0.5, 0.6) is 0 Å². The Labute approximate surface area is 128 Å². The molecule has 1 atom stereocenters. The van der Waals surface area contributed by atoms with E-state index in [9.17, 15) is 8.42 Å². The van der Waals surface area contributed by atoms with Crippen molar-refractivity contribution < 1.29 is 8.42 Å². The zero-order chi connectivity index (χ0) is 15.6. The van der Waals surface area contributed by atoms with Crippen molar-refractivity contribution in [1.82, 2.24) is 4.72 Å². The zero-order valence-corrected chi connectivity index (χ0v) is 14.0.